The summed E-state index contributed by atoms with van der Waals surface area (Å²) >= 11 is -1.99. The van der Waals surface area contributed by atoms with Crippen molar-refractivity contribution in [2.24, 2.45) is 0 Å². The molecular formula is C7H5NO2S. The van der Waals surface area contributed by atoms with Crippen LogP contribution in [0.15, 0.2) is 29.2 Å². The topological polar surface area (TPSA) is 61.1 Å². The Kier molecular flexibility index (Phi) is 2.36. The van der Waals surface area contributed by atoms with Gasteiger partial charge in [0.15, 0.2) is 11.1 Å². The SMILES string of the molecule is N#Cc1cccc(S(=O)O)c1. The Labute approximate surface area is 66.6 Å². The Morgan fingerprint density at radius 1 is 1.55 bits per heavy atom. The summed E-state index contributed by atoms with van der Waals surface area (Å²) in [4.78, 5) is 0.254. The molecule has 0 fully saturated rings. The van der Waals surface area contributed by atoms with E-state index in [9.17, 15) is 4.21 Å². The van der Waals surface area contributed by atoms with Crippen molar-refractivity contribution in [1.82, 2.24) is 0 Å². The minimum atomic E-state index is -1.99. The Balaban J connectivity index is 3.13. The smallest absolute Gasteiger partial charge is 0.186 e. The van der Waals surface area contributed by atoms with Crippen molar-refractivity contribution >= 4 is 11.1 Å². The molecule has 0 aliphatic carbocycles. The van der Waals surface area contributed by atoms with E-state index in [1.165, 1.54) is 12.1 Å². The van der Waals surface area contributed by atoms with Crippen LogP contribution in [0.3, 0.4) is 0 Å². The Morgan fingerprint density at radius 2 is 2.27 bits per heavy atom. The third-order valence-corrected chi connectivity index (χ3v) is 1.82. The van der Waals surface area contributed by atoms with Crippen molar-refractivity contribution in [2.45, 2.75) is 4.90 Å². The summed E-state index contributed by atoms with van der Waals surface area (Å²) in [5.41, 5.74) is 0.393. The lowest BCUT2D eigenvalue weighted by molar-refractivity contribution is 0.564. The molecule has 1 rings (SSSR count). The van der Waals surface area contributed by atoms with Crippen molar-refractivity contribution in [1.29, 1.82) is 5.26 Å². The maximum Gasteiger partial charge on any atom is 0.186 e. The molecule has 0 aromatic heterocycles. The van der Waals surface area contributed by atoms with Crippen LogP contribution in [-0.2, 0) is 11.1 Å². The minimum absolute atomic E-state index is 0.254. The Bertz CT molecular complexity index is 329. The summed E-state index contributed by atoms with van der Waals surface area (Å²) in [6, 6.07) is 7.91. The van der Waals surface area contributed by atoms with Crippen LogP contribution in [0.5, 0.6) is 0 Å². The van der Waals surface area contributed by atoms with E-state index in [0.717, 1.165) is 0 Å². The summed E-state index contributed by atoms with van der Waals surface area (Å²) in [6.07, 6.45) is 0. The molecule has 1 unspecified atom stereocenters. The second-order valence-electron chi connectivity index (χ2n) is 1.89. The van der Waals surface area contributed by atoms with Crippen LogP contribution in [0, 0.1) is 11.3 Å². The van der Waals surface area contributed by atoms with Crippen molar-refractivity contribution in [3.05, 3.63) is 29.8 Å². The third-order valence-electron chi connectivity index (χ3n) is 1.16. The fraction of sp³-hybridized carbons (Fsp3) is 0. The molecule has 0 spiro atoms. The zero-order valence-corrected chi connectivity index (χ0v) is 6.34. The molecule has 1 atom stereocenters. The summed E-state index contributed by atoms with van der Waals surface area (Å²) < 4.78 is 19.1. The van der Waals surface area contributed by atoms with E-state index < -0.39 is 11.1 Å². The number of nitrogens with zero attached hydrogens (tertiary/aromatic N) is 1. The first kappa shape index (κ1) is 7.92. The number of hydrogen-bond acceptors (Lipinski definition) is 2. The van der Waals surface area contributed by atoms with Gasteiger partial charge in [-0.15, -0.1) is 0 Å². The number of rotatable bonds is 1. The lowest BCUT2D eigenvalue weighted by atomic mass is 10.2. The Hall–Kier alpha value is -1.18. The lowest BCUT2D eigenvalue weighted by Crippen LogP contribution is -1.87. The predicted octanol–water partition coefficient (Wildman–Crippen LogP) is 1.14. The second-order valence-corrected chi connectivity index (χ2v) is 2.86. The number of benzene rings is 1. The van der Waals surface area contributed by atoms with Gasteiger partial charge in [-0.3, -0.25) is 0 Å². The molecule has 0 heterocycles. The van der Waals surface area contributed by atoms with Gasteiger partial charge in [-0.1, -0.05) is 6.07 Å². The molecule has 11 heavy (non-hydrogen) atoms. The van der Waals surface area contributed by atoms with E-state index in [2.05, 4.69) is 0 Å². The van der Waals surface area contributed by atoms with Crippen molar-refractivity contribution < 1.29 is 8.76 Å². The standard InChI is InChI=1S/C7H5NO2S/c8-5-6-2-1-3-7(4-6)11(9)10/h1-4H,(H,9,10). The van der Waals surface area contributed by atoms with Gasteiger partial charge >= 0.3 is 0 Å². The van der Waals surface area contributed by atoms with Crippen LogP contribution in [-0.4, -0.2) is 8.76 Å². The lowest BCUT2D eigenvalue weighted by Gasteiger charge is -1.92. The summed E-state index contributed by atoms with van der Waals surface area (Å²) in [6.45, 7) is 0. The maximum absolute atomic E-state index is 10.5. The highest BCUT2D eigenvalue weighted by molar-refractivity contribution is 7.79. The molecule has 1 aromatic rings. The van der Waals surface area contributed by atoms with Gasteiger partial charge in [0.2, 0.25) is 0 Å². The predicted molar refractivity (Wildman–Crippen MR) is 40.2 cm³/mol. The van der Waals surface area contributed by atoms with Crippen LogP contribution >= 0.6 is 0 Å². The molecule has 3 nitrogen and oxygen atoms in total. The van der Waals surface area contributed by atoms with Gasteiger partial charge in [-0.2, -0.15) is 5.26 Å². The van der Waals surface area contributed by atoms with Crippen molar-refractivity contribution in [2.75, 3.05) is 0 Å². The van der Waals surface area contributed by atoms with E-state index in [1.54, 1.807) is 12.1 Å². The molecule has 4 heteroatoms. The van der Waals surface area contributed by atoms with Gasteiger partial charge in [0.25, 0.3) is 0 Å². The first-order valence-electron chi connectivity index (χ1n) is 2.85. The molecule has 0 radical (unpaired) electrons. The number of nitriles is 1. The molecule has 0 saturated heterocycles. The molecule has 1 aromatic carbocycles. The third kappa shape index (κ3) is 1.87. The first-order valence-corrected chi connectivity index (χ1v) is 3.96. The van der Waals surface area contributed by atoms with Crippen LogP contribution in [0.2, 0.25) is 0 Å². The maximum atomic E-state index is 10.5. The molecule has 0 bridgehead atoms. The van der Waals surface area contributed by atoms with Crippen LogP contribution in [0.4, 0.5) is 0 Å². The van der Waals surface area contributed by atoms with Crippen LogP contribution in [0.25, 0.3) is 0 Å². The van der Waals surface area contributed by atoms with E-state index in [1.807, 2.05) is 6.07 Å². The average molecular weight is 167 g/mol. The molecule has 0 amide bonds. The van der Waals surface area contributed by atoms with Gasteiger partial charge in [0, 0.05) is 0 Å². The monoisotopic (exact) mass is 167 g/mol. The second kappa shape index (κ2) is 3.28. The van der Waals surface area contributed by atoms with Crippen molar-refractivity contribution in [3.63, 3.8) is 0 Å². The zero-order chi connectivity index (χ0) is 8.27. The summed E-state index contributed by atoms with van der Waals surface area (Å²) in [7, 11) is 0. The molecule has 1 N–H and O–H groups in total. The highest BCUT2D eigenvalue weighted by Gasteiger charge is 1.98. The first-order chi connectivity index (χ1) is 5.24. The Morgan fingerprint density at radius 3 is 2.82 bits per heavy atom. The van der Waals surface area contributed by atoms with Gasteiger partial charge in [0.1, 0.15) is 0 Å². The van der Waals surface area contributed by atoms with Crippen LogP contribution < -0.4 is 0 Å². The van der Waals surface area contributed by atoms with E-state index in [-0.39, 0.29) is 4.90 Å². The normalized spacial score (nSPS) is 12.0. The molecule has 56 valence electrons. The van der Waals surface area contributed by atoms with Gasteiger partial charge < -0.3 is 4.55 Å². The van der Waals surface area contributed by atoms with Gasteiger partial charge in [0.05, 0.1) is 16.5 Å². The minimum Gasteiger partial charge on any atom is -0.302 e. The summed E-state index contributed by atoms with van der Waals surface area (Å²) in [5, 5.41) is 8.41. The fourth-order valence-electron chi connectivity index (χ4n) is 0.674. The van der Waals surface area contributed by atoms with Gasteiger partial charge in [-0.25, -0.2) is 4.21 Å². The zero-order valence-electron chi connectivity index (χ0n) is 5.52. The molecule has 0 aliphatic heterocycles. The van der Waals surface area contributed by atoms with E-state index in [4.69, 9.17) is 9.81 Å². The highest BCUT2D eigenvalue weighted by Crippen LogP contribution is 2.06. The average Bonchev–Trinajstić information content (AvgIpc) is 2.05. The molecular weight excluding hydrogens is 162 g/mol. The number of hydrogen-bond donors (Lipinski definition) is 1. The molecule has 0 aliphatic rings. The van der Waals surface area contributed by atoms with Crippen LogP contribution in [0.1, 0.15) is 5.56 Å². The fourth-order valence-corrected chi connectivity index (χ4v) is 1.10. The molecule has 0 saturated carbocycles. The van der Waals surface area contributed by atoms with E-state index >= 15 is 0 Å². The highest BCUT2D eigenvalue weighted by atomic mass is 32.2. The summed E-state index contributed by atoms with van der Waals surface area (Å²) in [5.74, 6) is 0. The van der Waals surface area contributed by atoms with Crippen molar-refractivity contribution in [3.8, 4) is 6.07 Å². The van der Waals surface area contributed by atoms with Gasteiger partial charge in [-0.05, 0) is 18.2 Å². The largest absolute Gasteiger partial charge is 0.302 e. The quantitative estimate of drug-likeness (QED) is 0.638. The van der Waals surface area contributed by atoms with E-state index in [0.29, 0.717) is 5.56 Å².